The Balaban J connectivity index is 2.16. The number of pyridine rings is 1. The Kier molecular flexibility index (Phi) is 3.61. The van der Waals surface area contributed by atoms with Crippen LogP contribution in [0, 0.1) is 11.3 Å². The summed E-state index contributed by atoms with van der Waals surface area (Å²) >= 11 is 0. The molecule has 17 heavy (non-hydrogen) atoms. The summed E-state index contributed by atoms with van der Waals surface area (Å²) in [6.45, 7) is 4.38. The van der Waals surface area contributed by atoms with E-state index >= 15 is 0 Å². The standard InChI is InChI=1S/C13H20N4/c1-2-10-5-4-8-17(9-10)12-7-3-6-11(16-12)13(14)15/h3,6-7,10H,2,4-5,8-9H2,1H3,(H3,14,15). The third-order valence-electron chi connectivity index (χ3n) is 3.43. The molecule has 0 aromatic carbocycles. The molecule has 0 aliphatic carbocycles. The Morgan fingerprint density at radius 2 is 2.41 bits per heavy atom. The minimum absolute atomic E-state index is 0.0379. The third-order valence-corrected chi connectivity index (χ3v) is 3.43. The molecule has 1 fully saturated rings. The monoisotopic (exact) mass is 232 g/mol. The SMILES string of the molecule is CCC1CCCN(c2cccc(C(=N)N)n2)C1. The van der Waals surface area contributed by atoms with E-state index < -0.39 is 0 Å². The zero-order valence-corrected chi connectivity index (χ0v) is 10.3. The van der Waals surface area contributed by atoms with E-state index in [0.717, 1.165) is 24.8 Å². The molecule has 1 unspecified atom stereocenters. The van der Waals surface area contributed by atoms with Crippen molar-refractivity contribution < 1.29 is 0 Å². The van der Waals surface area contributed by atoms with Crippen molar-refractivity contribution in [3.8, 4) is 0 Å². The van der Waals surface area contributed by atoms with E-state index in [1.54, 1.807) is 6.07 Å². The van der Waals surface area contributed by atoms with Gasteiger partial charge in [-0.2, -0.15) is 0 Å². The lowest BCUT2D eigenvalue weighted by molar-refractivity contribution is 0.403. The van der Waals surface area contributed by atoms with Gasteiger partial charge in [-0.1, -0.05) is 19.4 Å². The van der Waals surface area contributed by atoms with E-state index in [9.17, 15) is 0 Å². The quantitative estimate of drug-likeness (QED) is 0.618. The van der Waals surface area contributed by atoms with Gasteiger partial charge in [-0.25, -0.2) is 4.98 Å². The van der Waals surface area contributed by atoms with Crippen molar-refractivity contribution in [3.05, 3.63) is 23.9 Å². The van der Waals surface area contributed by atoms with Crippen molar-refractivity contribution in [1.29, 1.82) is 5.41 Å². The zero-order chi connectivity index (χ0) is 12.3. The number of nitrogens with two attached hydrogens (primary N) is 1. The van der Waals surface area contributed by atoms with Gasteiger partial charge in [-0.3, -0.25) is 5.41 Å². The zero-order valence-electron chi connectivity index (χ0n) is 10.3. The van der Waals surface area contributed by atoms with Gasteiger partial charge in [0.05, 0.1) is 0 Å². The molecule has 0 amide bonds. The van der Waals surface area contributed by atoms with Crippen molar-refractivity contribution in [2.45, 2.75) is 26.2 Å². The van der Waals surface area contributed by atoms with Gasteiger partial charge in [-0.15, -0.1) is 0 Å². The number of hydrogen-bond donors (Lipinski definition) is 2. The van der Waals surface area contributed by atoms with Crippen LogP contribution in [0.3, 0.4) is 0 Å². The van der Waals surface area contributed by atoms with Crippen LogP contribution >= 0.6 is 0 Å². The van der Waals surface area contributed by atoms with E-state index in [0.29, 0.717) is 5.69 Å². The summed E-state index contributed by atoms with van der Waals surface area (Å²) in [5.41, 5.74) is 6.04. The summed E-state index contributed by atoms with van der Waals surface area (Å²) in [4.78, 5) is 6.75. The van der Waals surface area contributed by atoms with Crippen LogP contribution in [-0.2, 0) is 0 Å². The van der Waals surface area contributed by atoms with Crippen LogP contribution in [0.15, 0.2) is 18.2 Å². The lowest BCUT2D eigenvalue weighted by Crippen LogP contribution is -2.36. The average molecular weight is 232 g/mol. The molecule has 1 aliphatic rings. The largest absolute Gasteiger partial charge is 0.382 e. The van der Waals surface area contributed by atoms with Gasteiger partial charge >= 0.3 is 0 Å². The second kappa shape index (κ2) is 5.17. The molecule has 0 radical (unpaired) electrons. The summed E-state index contributed by atoms with van der Waals surface area (Å²) in [5.74, 6) is 1.76. The predicted molar refractivity (Wildman–Crippen MR) is 70.5 cm³/mol. The molecule has 0 saturated carbocycles. The van der Waals surface area contributed by atoms with E-state index in [-0.39, 0.29) is 5.84 Å². The molecule has 1 atom stereocenters. The Bertz CT molecular complexity index is 402. The number of nitrogens with one attached hydrogen (secondary N) is 1. The first-order valence-electron chi connectivity index (χ1n) is 6.27. The Morgan fingerprint density at radius 3 is 3.12 bits per heavy atom. The minimum Gasteiger partial charge on any atom is -0.382 e. The highest BCUT2D eigenvalue weighted by atomic mass is 15.2. The number of hydrogen-bond acceptors (Lipinski definition) is 3. The predicted octanol–water partition coefficient (Wildman–Crippen LogP) is 1.99. The molecule has 0 spiro atoms. The van der Waals surface area contributed by atoms with Gasteiger partial charge in [0.25, 0.3) is 0 Å². The van der Waals surface area contributed by atoms with Gasteiger partial charge in [0.2, 0.25) is 0 Å². The molecule has 4 heteroatoms. The van der Waals surface area contributed by atoms with Gasteiger partial charge in [0.1, 0.15) is 17.3 Å². The summed E-state index contributed by atoms with van der Waals surface area (Å²) in [7, 11) is 0. The van der Waals surface area contributed by atoms with Gasteiger partial charge in [0.15, 0.2) is 0 Å². The maximum absolute atomic E-state index is 7.42. The van der Waals surface area contributed by atoms with Crippen LogP contribution in [0.1, 0.15) is 31.9 Å². The number of anilines is 1. The van der Waals surface area contributed by atoms with Crippen LogP contribution in [0.5, 0.6) is 0 Å². The lowest BCUT2D eigenvalue weighted by atomic mass is 9.96. The summed E-state index contributed by atoms with van der Waals surface area (Å²) in [5, 5.41) is 7.42. The fourth-order valence-electron chi connectivity index (χ4n) is 2.36. The van der Waals surface area contributed by atoms with Crippen LogP contribution in [0.4, 0.5) is 5.82 Å². The molecule has 92 valence electrons. The number of rotatable bonds is 3. The van der Waals surface area contributed by atoms with Crippen LogP contribution in [0.25, 0.3) is 0 Å². The molecule has 1 saturated heterocycles. The fourth-order valence-corrected chi connectivity index (χ4v) is 2.36. The van der Waals surface area contributed by atoms with Crippen molar-refractivity contribution in [2.75, 3.05) is 18.0 Å². The maximum Gasteiger partial charge on any atom is 0.141 e. The maximum atomic E-state index is 7.42. The first-order valence-corrected chi connectivity index (χ1v) is 6.27. The topological polar surface area (TPSA) is 66.0 Å². The van der Waals surface area contributed by atoms with E-state index in [4.69, 9.17) is 11.1 Å². The number of piperidine rings is 1. The van der Waals surface area contributed by atoms with Crippen LogP contribution in [0.2, 0.25) is 0 Å². The molecule has 2 heterocycles. The minimum atomic E-state index is 0.0379. The number of nitrogen functional groups attached to an aromatic ring is 1. The van der Waals surface area contributed by atoms with Crippen molar-refractivity contribution in [3.63, 3.8) is 0 Å². The lowest BCUT2D eigenvalue weighted by Gasteiger charge is -2.33. The highest BCUT2D eigenvalue weighted by Crippen LogP contribution is 2.23. The van der Waals surface area contributed by atoms with E-state index in [2.05, 4.69) is 16.8 Å². The molecule has 3 N–H and O–H groups in total. The third kappa shape index (κ3) is 2.75. The highest BCUT2D eigenvalue weighted by molar-refractivity contribution is 5.93. The molecular formula is C13H20N4. The van der Waals surface area contributed by atoms with Gasteiger partial charge in [0, 0.05) is 13.1 Å². The first-order chi connectivity index (χ1) is 8.20. The second-order valence-corrected chi connectivity index (χ2v) is 4.66. The van der Waals surface area contributed by atoms with E-state index in [1.165, 1.54) is 19.3 Å². The van der Waals surface area contributed by atoms with Crippen LogP contribution in [-0.4, -0.2) is 23.9 Å². The first kappa shape index (κ1) is 11.9. The molecule has 1 aliphatic heterocycles. The summed E-state index contributed by atoms with van der Waals surface area (Å²) in [6, 6.07) is 5.71. The summed E-state index contributed by atoms with van der Waals surface area (Å²) in [6.07, 6.45) is 3.77. The van der Waals surface area contributed by atoms with Crippen molar-refractivity contribution in [1.82, 2.24) is 4.98 Å². The average Bonchev–Trinajstić information content (AvgIpc) is 2.39. The molecular weight excluding hydrogens is 212 g/mol. The number of aromatic nitrogens is 1. The molecule has 1 aromatic rings. The highest BCUT2D eigenvalue weighted by Gasteiger charge is 2.19. The Morgan fingerprint density at radius 1 is 1.59 bits per heavy atom. The van der Waals surface area contributed by atoms with Gasteiger partial charge < -0.3 is 10.6 Å². The van der Waals surface area contributed by atoms with Crippen molar-refractivity contribution in [2.24, 2.45) is 11.7 Å². The summed E-state index contributed by atoms with van der Waals surface area (Å²) < 4.78 is 0. The van der Waals surface area contributed by atoms with Crippen molar-refractivity contribution >= 4 is 11.7 Å². The molecule has 4 nitrogen and oxygen atoms in total. The molecule has 1 aromatic heterocycles. The molecule has 0 bridgehead atoms. The number of nitrogens with zero attached hydrogens (tertiary/aromatic N) is 2. The van der Waals surface area contributed by atoms with Crippen LogP contribution < -0.4 is 10.6 Å². The second-order valence-electron chi connectivity index (χ2n) is 4.66. The number of amidine groups is 1. The van der Waals surface area contributed by atoms with Gasteiger partial charge in [-0.05, 0) is 30.9 Å². The van der Waals surface area contributed by atoms with E-state index in [1.807, 2.05) is 12.1 Å². The molecule has 2 rings (SSSR count). The smallest absolute Gasteiger partial charge is 0.141 e. The Hall–Kier alpha value is -1.58. The normalized spacial score (nSPS) is 20.3. The Labute approximate surface area is 102 Å². The fraction of sp³-hybridized carbons (Fsp3) is 0.538.